The van der Waals surface area contributed by atoms with Crippen molar-refractivity contribution in [3.63, 3.8) is 0 Å². The van der Waals surface area contributed by atoms with Gasteiger partial charge < -0.3 is 5.32 Å². The molecule has 100 valence electrons. The Balaban J connectivity index is 2.11. The van der Waals surface area contributed by atoms with E-state index in [-0.39, 0.29) is 10.3 Å². The molecule has 1 atom stereocenters. The van der Waals surface area contributed by atoms with Gasteiger partial charge in [0.2, 0.25) is 10.0 Å². The molecule has 1 aliphatic rings. The van der Waals surface area contributed by atoms with E-state index in [0.29, 0.717) is 18.2 Å². The third kappa shape index (κ3) is 2.64. The first-order chi connectivity index (χ1) is 8.37. The van der Waals surface area contributed by atoms with Gasteiger partial charge in [0.05, 0.1) is 5.69 Å². The van der Waals surface area contributed by atoms with Crippen LogP contribution < -0.4 is 10.0 Å². The number of anilines is 1. The fourth-order valence-corrected chi connectivity index (χ4v) is 3.25. The second kappa shape index (κ2) is 4.51. The lowest BCUT2D eigenvalue weighted by Crippen LogP contribution is -2.27. The van der Waals surface area contributed by atoms with Crippen LogP contribution in [0.2, 0.25) is 0 Å². The Hall–Kier alpha value is -1.14. The van der Waals surface area contributed by atoms with Crippen LogP contribution >= 0.6 is 0 Å². The number of sulfonamides is 1. The molecule has 0 aliphatic heterocycles. The van der Waals surface area contributed by atoms with Crippen molar-refractivity contribution in [3.8, 4) is 0 Å². The van der Waals surface area contributed by atoms with Crippen molar-refractivity contribution in [2.24, 2.45) is 11.3 Å². The lowest BCUT2D eigenvalue weighted by atomic mass is 10.1. The molecule has 1 unspecified atom stereocenters. The molecule has 0 saturated heterocycles. The van der Waals surface area contributed by atoms with E-state index in [2.05, 4.69) is 28.9 Å². The van der Waals surface area contributed by atoms with Gasteiger partial charge >= 0.3 is 0 Å². The van der Waals surface area contributed by atoms with Crippen molar-refractivity contribution in [1.29, 1.82) is 0 Å². The van der Waals surface area contributed by atoms with E-state index in [9.17, 15) is 8.42 Å². The van der Waals surface area contributed by atoms with Crippen LogP contribution in [0.1, 0.15) is 20.3 Å². The summed E-state index contributed by atoms with van der Waals surface area (Å²) in [6.07, 6.45) is 4.00. The molecule has 0 bridgehead atoms. The van der Waals surface area contributed by atoms with Crippen LogP contribution in [0.25, 0.3) is 0 Å². The minimum absolute atomic E-state index is 0.200. The Bertz CT molecular complexity index is 540. The van der Waals surface area contributed by atoms with Gasteiger partial charge in [0.25, 0.3) is 0 Å². The van der Waals surface area contributed by atoms with Crippen LogP contribution in [-0.2, 0) is 10.0 Å². The molecule has 2 N–H and O–H groups in total. The summed E-state index contributed by atoms with van der Waals surface area (Å²) in [5.74, 6) is 0.432. The predicted octanol–water partition coefficient (Wildman–Crippen LogP) is 1.45. The minimum Gasteiger partial charge on any atom is -0.387 e. The van der Waals surface area contributed by atoms with E-state index in [1.165, 1.54) is 6.20 Å². The molecule has 1 saturated carbocycles. The number of hydrogen-bond donors (Lipinski definition) is 2. The van der Waals surface area contributed by atoms with E-state index < -0.39 is 10.0 Å². The summed E-state index contributed by atoms with van der Waals surface area (Å²) >= 11 is 0. The van der Waals surface area contributed by atoms with Crippen molar-refractivity contribution >= 4 is 15.7 Å². The van der Waals surface area contributed by atoms with Crippen molar-refractivity contribution in [2.75, 3.05) is 18.9 Å². The van der Waals surface area contributed by atoms with E-state index in [4.69, 9.17) is 0 Å². The maximum Gasteiger partial charge on any atom is 0.244 e. The Labute approximate surface area is 108 Å². The minimum atomic E-state index is -3.48. The molecular formula is C12H19N3O2S. The second-order valence-electron chi connectivity index (χ2n) is 5.36. The number of hydrogen-bond acceptors (Lipinski definition) is 4. The largest absolute Gasteiger partial charge is 0.387 e. The van der Waals surface area contributed by atoms with Crippen molar-refractivity contribution in [1.82, 2.24) is 9.71 Å². The molecule has 18 heavy (non-hydrogen) atoms. The monoisotopic (exact) mass is 269 g/mol. The first kappa shape index (κ1) is 13.3. The van der Waals surface area contributed by atoms with E-state index >= 15 is 0 Å². The zero-order valence-corrected chi connectivity index (χ0v) is 11.7. The molecule has 0 spiro atoms. The lowest BCUT2D eigenvalue weighted by molar-refractivity contribution is 0.537. The molecule has 0 amide bonds. The number of nitrogens with zero attached hydrogens (tertiary/aromatic N) is 1. The average molecular weight is 269 g/mol. The maximum atomic E-state index is 12.2. The van der Waals surface area contributed by atoms with Gasteiger partial charge in [-0.2, -0.15) is 0 Å². The molecule has 1 aromatic rings. The highest BCUT2D eigenvalue weighted by Crippen LogP contribution is 2.51. The summed E-state index contributed by atoms with van der Waals surface area (Å²) in [6, 6.07) is 1.65. The first-order valence-corrected chi connectivity index (χ1v) is 7.46. The Kier molecular flexibility index (Phi) is 3.33. The Morgan fingerprint density at radius 3 is 2.72 bits per heavy atom. The third-order valence-electron chi connectivity index (χ3n) is 3.58. The van der Waals surface area contributed by atoms with Gasteiger partial charge in [-0.05, 0) is 23.8 Å². The van der Waals surface area contributed by atoms with Crippen LogP contribution in [0.5, 0.6) is 0 Å². The van der Waals surface area contributed by atoms with Gasteiger partial charge in [0.15, 0.2) is 0 Å². The zero-order chi connectivity index (χ0) is 13.4. The standard InChI is InChI=1S/C12H19N3O2S/c1-12(2)6-9(12)7-15-18(16,17)11-8-14-5-4-10(11)13-3/h4-5,8-9,15H,6-7H2,1-3H3,(H,13,14). The summed E-state index contributed by atoms with van der Waals surface area (Å²) in [5.41, 5.74) is 0.830. The van der Waals surface area contributed by atoms with Gasteiger partial charge in [-0.3, -0.25) is 4.98 Å². The van der Waals surface area contributed by atoms with Crippen LogP contribution in [0.4, 0.5) is 5.69 Å². The van der Waals surface area contributed by atoms with Gasteiger partial charge in [-0.1, -0.05) is 13.8 Å². The molecule has 1 fully saturated rings. The molecule has 0 aromatic carbocycles. The fraction of sp³-hybridized carbons (Fsp3) is 0.583. The first-order valence-electron chi connectivity index (χ1n) is 5.98. The number of nitrogens with one attached hydrogen (secondary N) is 2. The molecule has 1 aromatic heterocycles. The van der Waals surface area contributed by atoms with Crippen LogP contribution in [0.3, 0.4) is 0 Å². The molecule has 2 rings (SSSR count). The highest BCUT2D eigenvalue weighted by atomic mass is 32.2. The summed E-state index contributed by atoms with van der Waals surface area (Å²) in [6.45, 7) is 4.79. The van der Waals surface area contributed by atoms with E-state index in [1.54, 1.807) is 19.3 Å². The number of rotatable bonds is 5. The Morgan fingerprint density at radius 1 is 1.50 bits per heavy atom. The van der Waals surface area contributed by atoms with E-state index in [1.807, 2.05) is 0 Å². The quantitative estimate of drug-likeness (QED) is 0.848. The molecular weight excluding hydrogens is 250 g/mol. The normalized spacial score (nSPS) is 21.6. The predicted molar refractivity (Wildman–Crippen MR) is 70.9 cm³/mol. The molecule has 6 heteroatoms. The van der Waals surface area contributed by atoms with Crippen LogP contribution in [-0.4, -0.2) is 27.0 Å². The van der Waals surface area contributed by atoms with Crippen molar-refractivity contribution < 1.29 is 8.42 Å². The smallest absolute Gasteiger partial charge is 0.244 e. The topological polar surface area (TPSA) is 71.1 Å². The summed E-state index contributed by atoms with van der Waals surface area (Å²) < 4.78 is 27.0. The number of aromatic nitrogens is 1. The average Bonchev–Trinajstić information content (AvgIpc) is 2.95. The van der Waals surface area contributed by atoms with Crippen molar-refractivity contribution in [2.45, 2.75) is 25.2 Å². The van der Waals surface area contributed by atoms with Crippen LogP contribution in [0, 0.1) is 11.3 Å². The molecule has 1 aliphatic carbocycles. The summed E-state index contributed by atoms with van der Waals surface area (Å²) in [4.78, 5) is 4.07. The summed E-state index contributed by atoms with van der Waals surface area (Å²) in [7, 11) is -1.79. The number of pyridine rings is 1. The maximum absolute atomic E-state index is 12.2. The van der Waals surface area contributed by atoms with E-state index in [0.717, 1.165) is 6.42 Å². The van der Waals surface area contributed by atoms with Gasteiger partial charge in [0, 0.05) is 26.0 Å². The highest BCUT2D eigenvalue weighted by Gasteiger charge is 2.45. The van der Waals surface area contributed by atoms with Gasteiger partial charge in [-0.25, -0.2) is 13.1 Å². The summed E-state index contributed by atoms with van der Waals surface area (Å²) in [5, 5.41) is 2.86. The fourth-order valence-electron chi connectivity index (χ4n) is 2.01. The van der Waals surface area contributed by atoms with Gasteiger partial charge in [0.1, 0.15) is 4.90 Å². The molecule has 1 heterocycles. The second-order valence-corrected chi connectivity index (χ2v) is 7.10. The third-order valence-corrected chi connectivity index (χ3v) is 5.03. The highest BCUT2D eigenvalue weighted by molar-refractivity contribution is 7.89. The molecule has 5 nitrogen and oxygen atoms in total. The van der Waals surface area contributed by atoms with Crippen LogP contribution in [0.15, 0.2) is 23.4 Å². The van der Waals surface area contributed by atoms with Gasteiger partial charge in [-0.15, -0.1) is 0 Å². The van der Waals surface area contributed by atoms with Crippen molar-refractivity contribution in [3.05, 3.63) is 18.5 Å². The SMILES string of the molecule is CNc1ccncc1S(=O)(=O)NCC1CC1(C)C. The zero-order valence-electron chi connectivity index (χ0n) is 10.9. The lowest BCUT2D eigenvalue weighted by Gasteiger charge is -2.11. The Morgan fingerprint density at radius 2 is 2.17 bits per heavy atom. The molecule has 0 radical (unpaired) electrons.